The minimum Gasteiger partial charge on any atom is -0.444 e. The van der Waals surface area contributed by atoms with E-state index in [2.05, 4.69) is 10.3 Å². The van der Waals surface area contributed by atoms with Gasteiger partial charge >= 0.3 is 6.09 Å². The zero-order valence-electron chi connectivity index (χ0n) is 13.1. The van der Waals surface area contributed by atoms with Gasteiger partial charge in [-0.15, -0.1) is 0 Å². The van der Waals surface area contributed by atoms with Crippen molar-refractivity contribution in [2.75, 3.05) is 13.1 Å². The van der Waals surface area contributed by atoms with Crippen LogP contribution in [-0.2, 0) is 4.74 Å². The van der Waals surface area contributed by atoms with Gasteiger partial charge in [0, 0.05) is 13.1 Å². The molecular formula is C16H20N4O2. The van der Waals surface area contributed by atoms with Crippen LogP contribution in [0.2, 0.25) is 0 Å². The first-order valence-electron chi connectivity index (χ1n) is 7.45. The first kappa shape index (κ1) is 14.8. The molecule has 2 aliphatic heterocycles. The fourth-order valence-electron chi connectivity index (χ4n) is 3.06. The highest BCUT2D eigenvalue weighted by Gasteiger charge is 2.59. The van der Waals surface area contributed by atoms with Crippen molar-refractivity contribution in [2.24, 2.45) is 0 Å². The van der Waals surface area contributed by atoms with E-state index in [0.717, 1.165) is 25.2 Å². The van der Waals surface area contributed by atoms with E-state index in [-0.39, 0.29) is 17.7 Å². The van der Waals surface area contributed by atoms with Gasteiger partial charge < -0.3 is 10.1 Å². The fourth-order valence-corrected chi connectivity index (χ4v) is 3.06. The van der Waals surface area contributed by atoms with Gasteiger partial charge in [-0.2, -0.15) is 5.26 Å². The molecule has 6 nitrogen and oxygen atoms in total. The predicted octanol–water partition coefficient (Wildman–Crippen LogP) is 1.98. The lowest BCUT2D eigenvalue weighted by Crippen LogP contribution is -2.78. The highest BCUT2D eigenvalue weighted by Crippen LogP contribution is 2.48. The number of nitriles is 1. The monoisotopic (exact) mass is 300 g/mol. The first-order valence-corrected chi connectivity index (χ1v) is 7.45. The molecule has 6 heteroatoms. The molecule has 1 amide bonds. The predicted molar refractivity (Wildman–Crippen MR) is 80.0 cm³/mol. The Hall–Kier alpha value is -2.13. The molecule has 1 aromatic rings. The number of pyridine rings is 1. The molecule has 0 bridgehead atoms. The van der Waals surface area contributed by atoms with E-state index in [1.54, 1.807) is 17.0 Å². The standard InChI is InChI=1S/C16H20N4O2/c1-15(2,3)22-14(21)20-13(7-16(20)9-18-10-16)12-6-4-5-11(8-17)19-12/h4-6,13,18H,7,9-10H2,1-3H3. The maximum absolute atomic E-state index is 12.6. The minimum absolute atomic E-state index is 0.120. The zero-order valence-corrected chi connectivity index (χ0v) is 13.1. The average molecular weight is 300 g/mol. The number of nitrogens with one attached hydrogen (secondary N) is 1. The summed E-state index contributed by atoms with van der Waals surface area (Å²) in [5, 5.41) is 12.2. The Morgan fingerprint density at radius 3 is 2.77 bits per heavy atom. The quantitative estimate of drug-likeness (QED) is 0.858. The van der Waals surface area contributed by atoms with Crippen LogP contribution in [0.4, 0.5) is 4.79 Å². The molecule has 3 rings (SSSR count). The van der Waals surface area contributed by atoms with Crippen molar-refractivity contribution in [3.63, 3.8) is 0 Å². The Balaban J connectivity index is 1.85. The first-order chi connectivity index (χ1) is 10.3. The van der Waals surface area contributed by atoms with Gasteiger partial charge in [0.2, 0.25) is 0 Å². The summed E-state index contributed by atoms with van der Waals surface area (Å²) in [4.78, 5) is 18.7. The van der Waals surface area contributed by atoms with Crippen LogP contribution in [0.25, 0.3) is 0 Å². The smallest absolute Gasteiger partial charge is 0.411 e. The van der Waals surface area contributed by atoms with Gasteiger partial charge in [-0.05, 0) is 39.3 Å². The molecule has 1 atom stereocenters. The number of amides is 1. The SMILES string of the molecule is CC(C)(C)OC(=O)N1C(c2cccc(C#N)n2)CC12CNC2. The molecule has 2 aliphatic rings. The molecule has 0 saturated carbocycles. The van der Waals surface area contributed by atoms with Crippen LogP contribution in [-0.4, -0.2) is 40.2 Å². The Morgan fingerprint density at radius 1 is 1.50 bits per heavy atom. The van der Waals surface area contributed by atoms with Crippen LogP contribution in [0.3, 0.4) is 0 Å². The third-order valence-electron chi connectivity index (χ3n) is 4.12. The lowest BCUT2D eigenvalue weighted by Gasteiger charge is -2.62. The number of aromatic nitrogens is 1. The highest BCUT2D eigenvalue weighted by atomic mass is 16.6. The van der Waals surface area contributed by atoms with Crippen molar-refractivity contribution >= 4 is 6.09 Å². The van der Waals surface area contributed by atoms with Crippen molar-refractivity contribution in [1.82, 2.24) is 15.2 Å². The summed E-state index contributed by atoms with van der Waals surface area (Å²) in [5.41, 5.74) is 0.436. The molecule has 0 aromatic carbocycles. The minimum atomic E-state index is -0.530. The van der Waals surface area contributed by atoms with Crippen LogP contribution < -0.4 is 5.32 Å². The zero-order chi connectivity index (χ0) is 16.0. The van der Waals surface area contributed by atoms with Crippen LogP contribution >= 0.6 is 0 Å². The van der Waals surface area contributed by atoms with Gasteiger partial charge in [-0.3, -0.25) is 4.90 Å². The Bertz CT molecular complexity index is 640. The number of rotatable bonds is 1. The summed E-state index contributed by atoms with van der Waals surface area (Å²) in [6.45, 7) is 7.14. The topological polar surface area (TPSA) is 78.2 Å². The van der Waals surface area contributed by atoms with Crippen molar-refractivity contribution in [1.29, 1.82) is 5.26 Å². The summed E-state index contributed by atoms with van der Waals surface area (Å²) in [6.07, 6.45) is 0.538. The van der Waals surface area contributed by atoms with E-state index in [1.807, 2.05) is 32.9 Å². The van der Waals surface area contributed by atoms with Crippen molar-refractivity contribution in [3.05, 3.63) is 29.6 Å². The summed E-state index contributed by atoms with van der Waals surface area (Å²) in [6, 6.07) is 7.26. The molecule has 1 aromatic heterocycles. The molecule has 1 unspecified atom stereocenters. The molecule has 0 radical (unpaired) electrons. The Kier molecular flexibility index (Phi) is 3.33. The third kappa shape index (κ3) is 2.42. The highest BCUT2D eigenvalue weighted by molar-refractivity contribution is 5.72. The number of ether oxygens (including phenoxy) is 1. The summed E-state index contributed by atoms with van der Waals surface area (Å²) >= 11 is 0. The number of hydrogen-bond acceptors (Lipinski definition) is 5. The van der Waals surface area contributed by atoms with Gasteiger partial charge in [-0.25, -0.2) is 9.78 Å². The van der Waals surface area contributed by atoms with Gasteiger partial charge in [0.1, 0.15) is 17.4 Å². The van der Waals surface area contributed by atoms with E-state index >= 15 is 0 Å². The molecule has 2 fully saturated rings. The molecule has 3 heterocycles. The van der Waals surface area contributed by atoms with Crippen LogP contribution in [0, 0.1) is 11.3 Å². The summed E-state index contributed by atoms with van der Waals surface area (Å²) in [7, 11) is 0. The number of likely N-dealkylation sites (tertiary alicyclic amines) is 1. The van der Waals surface area contributed by atoms with E-state index in [0.29, 0.717) is 5.69 Å². The summed E-state index contributed by atoms with van der Waals surface area (Å²) < 4.78 is 5.55. The lowest BCUT2D eigenvalue weighted by molar-refractivity contribution is -0.107. The number of carbonyl (C=O) groups excluding carboxylic acids is 1. The molecule has 0 aliphatic carbocycles. The average Bonchev–Trinajstić information content (AvgIpc) is 2.34. The maximum atomic E-state index is 12.6. The van der Waals surface area contributed by atoms with Gasteiger partial charge in [0.15, 0.2) is 0 Å². The largest absolute Gasteiger partial charge is 0.444 e. The van der Waals surface area contributed by atoms with E-state index in [1.165, 1.54) is 0 Å². The van der Waals surface area contributed by atoms with Crippen molar-refractivity contribution < 1.29 is 9.53 Å². The van der Waals surface area contributed by atoms with Crippen molar-refractivity contribution in [3.8, 4) is 6.07 Å². The lowest BCUT2D eigenvalue weighted by atomic mass is 9.73. The Morgan fingerprint density at radius 2 is 2.23 bits per heavy atom. The number of nitrogens with zero attached hydrogens (tertiary/aromatic N) is 3. The number of carbonyl (C=O) groups is 1. The number of hydrogen-bond donors (Lipinski definition) is 1. The molecule has 2 saturated heterocycles. The van der Waals surface area contributed by atoms with Gasteiger partial charge in [-0.1, -0.05) is 6.07 Å². The Labute approximate surface area is 130 Å². The third-order valence-corrected chi connectivity index (χ3v) is 4.12. The van der Waals surface area contributed by atoms with Crippen LogP contribution in [0.15, 0.2) is 18.2 Å². The molecule has 1 N–H and O–H groups in total. The van der Waals surface area contributed by atoms with Crippen LogP contribution in [0.1, 0.15) is 44.6 Å². The molecule has 22 heavy (non-hydrogen) atoms. The van der Waals surface area contributed by atoms with E-state index in [4.69, 9.17) is 10.00 Å². The van der Waals surface area contributed by atoms with Gasteiger partial charge in [0.25, 0.3) is 0 Å². The molecule has 116 valence electrons. The van der Waals surface area contributed by atoms with E-state index in [9.17, 15) is 4.79 Å². The van der Waals surface area contributed by atoms with Crippen molar-refractivity contribution in [2.45, 2.75) is 44.4 Å². The fraction of sp³-hybridized carbons (Fsp3) is 0.562. The second-order valence-corrected chi connectivity index (χ2v) is 6.96. The van der Waals surface area contributed by atoms with Crippen LogP contribution in [0.5, 0.6) is 0 Å². The normalized spacial score (nSPS) is 22.5. The molecular weight excluding hydrogens is 280 g/mol. The molecule has 1 spiro atoms. The van der Waals surface area contributed by atoms with E-state index < -0.39 is 5.60 Å². The second-order valence-electron chi connectivity index (χ2n) is 6.96. The van der Waals surface area contributed by atoms with Gasteiger partial charge in [0.05, 0.1) is 17.3 Å². The maximum Gasteiger partial charge on any atom is 0.411 e. The summed E-state index contributed by atoms with van der Waals surface area (Å²) in [5.74, 6) is 0. The second kappa shape index (κ2) is 4.96.